The Labute approximate surface area is 195 Å². The van der Waals surface area contributed by atoms with Gasteiger partial charge in [-0.1, -0.05) is 79.2 Å². The van der Waals surface area contributed by atoms with Gasteiger partial charge in [-0.05, 0) is 59.9 Å². The van der Waals surface area contributed by atoms with Crippen molar-refractivity contribution in [3.63, 3.8) is 0 Å². The molecule has 166 valence electrons. The number of carbonyl (C=O) groups is 2. The van der Waals surface area contributed by atoms with Gasteiger partial charge in [0.25, 0.3) is 0 Å². The Hall–Kier alpha value is -3.20. The molecule has 3 nitrogen and oxygen atoms in total. The average molecular weight is 436 g/mol. The van der Waals surface area contributed by atoms with Gasteiger partial charge in [0.2, 0.25) is 5.91 Å². The second-order valence-corrected chi connectivity index (χ2v) is 9.95. The molecule has 1 amide bonds. The summed E-state index contributed by atoms with van der Waals surface area (Å²) in [5.74, 6) is 1.05. The first-order valence-electron chi connectivity index (χ1n) is 12.2. The van der Waals surface area contributed by atoms with Gasteiger partial charge in [-0.3, -0.25) is 9.59 Å². The van der Waals surface area contributed by atoms with Crippen LogP contribution in [0.2, 0.25) is 0 Å². The van der Waals surface area contributed by atoms with Crippen molar-refractivity contribution < 1.29 is 9.59 Å². The maximum atomic E-state index is 14.1. The molecule has 3 aliphatic rings. The fraction of sp³-hybridized carbons (Fsp3) is 0.333. The van der Waals surface area contributed by atoms with Crippen LogP contribution in [0.3, 0.4) is 0 Å². The van der Waals surface area contributed by atoms with Crippen molar-refractivity contribution >= 4 is 11.7 Å². The van der Waals surface area contributed by atoms with Crippen molar-refractivity contribution in [2.24, 2.45) is 11.8 Å². The Bertz CT molecular complexity index is 1200. The lowest BCUT2D eigenvalue weighted by atomic mass is 9.58. The van der Waals surface area contributed by atoms with Crippen LogP contribution in [0.1, 0.15) is 70.6 Å². The first kappa shape index (κ1) is 20.4. The molecule has 0 N–H and O–H groups in total. The van der Waals surface area contributed by atoms with Crippen molar-refractivity contribution in [3.05, 3.63) is 107 Å². The number of Topliss-reactive ketones (excluding diaryl/α,β-unsaturated/α-hetero) is 1. The SMILES string of the molecule is CC(=O)c1ccc2c(c1)[C@@H]1CCC[C@H]3[C@@H]1[C@H](C(=O)N3Cc1ccccc1)[C@@H]2c1ccccc1. The van der Waals surface area contributed by atoms with E-state index in [0.717, 1.165) is 24.8 Å². The van der Waals surface area contributed by atoms with Crippen LogP contribution in [0, 0.1) is 11.8 Å². The lowest BCUT2D eigenvalue weighted by molar-refractivity contribution is -0.133. The van der Waals surface area contributed by atoms with Crippen LogP contribution < -0.4 is 0 Å². The van der Waals surface area contributed by atoms with Gasteiger partial charge >= 0.3 is 0 Å². The van der Waals surface area contributed by atoms with Gasteiger partial charge in [-0.25, -0.2) is 0 Å². The first-order chi connectivity index (χ1) is 16.1. The molecule has 6 rings (SSSR count). The van der Waals surface area contributed by atoms with Crippen LogP contribution >= 0.6 is 0 Å². The van der Waals surface area contributed by atoms with Crippen LogP contribution in [0.5, 0.6) is 0 Å². The van der Waals surface area contributed by atoms with Crippen LogP contribution in [0.25, 0.3) is 0 Å². The van der Waals surface area contributed by atoms with Gasteiger partial charge in [0.05, 0.1) is 5.92 Å². The van der Waals surface area contributed by atoms with E-state index in [2.05, 4.69) is 65.6 Å². The zero-order valence-electron chi connectivity index (χ0n) is 19.0. The molecule has 3 heteroatoms. The molecule has 2 fully saturated rings. The molecular formula is C30H29NO2. The summed E-state index contributed by atoms with van der Waals surface area (Å²) in [5.41, 5.74) is 5.73. The highest BCUT2D eigenvalue weighted by atomic mass is 16.2. The van der Waals surface area contributed by atoms with Gasteiger partial charge in [0.15, 0.2) is 5.78 Å². The van der Waals surface area contributed by atoms with E-state index in [0.29, 0.717) is 24.3 Å². The lowest BCUT2D eigenvalue weighted by Crippen LogP contribution is -2.40. The van der Waals surface area contributed by atoms with Gasteiger partial charge in [0, 0.05) is 24.1 Å². The Morgan fingerprint density at radius 3 is 2.36 bits per heavy atom. The highest BCUT2D eigenvalue weighted by molar-refractivity contribution is 5.94. The van der Waals surface area contributed by atoms with E-state index in [9.17, 15) is 9.59 Å². The number of amides is 1. The van der Waals surface area contributed by atoms with E-state index in [-0.39, 0.29) is 23.7 Å². The van der Waals surface area contributed by atoms with E-state index < -0.39 is 0 Å². The maximum Gasteiger partial charge on any atom is 0.227 e. The number of rotatable bonds is 4. The number of likely N-dealkylation sites (tertiary alicyclic amines) is 1. The smallest absolute Gasteiger partial charge is 0.227 e. The number of carbonyl (C=O) groups excluding carboxylic acids is 2. The molecule has 1 heterocycles. The molecule has 1 saturated carbocycles. The monoisotopic (exact) mass is 435 g/mol. The third kappa shape index (κ3) is 3.25. The molecule has 0 bridgehead atoms. The molecular weight excluding hydrogens is 406 g/mol. The molecule has 3 aromatic rings. The fourth-order valence-electron chi connectivity index (χ4n) is 6.91. The second kappa shape index (κ2) is 7.98. The summed E-state index contributed by atoms with van der Waals surface area (Å²) in [6.07, 6.45) is 3.29. The molecule has 1 aliphatic heterocycles. The highest BCUT2D eigenvalue weighted by Crippen LogP contribution is 2.59. The standard InChI is InChI=1S/C30H29NO2/c1-19(32)22-15-16-24-25(17-22)23-13-8-14-26-28(23)29(27(24)21-11-6-3-7-12-21)30(33)31(26)18-20-9-4-2-5-10-20/h2-7,9-12,15-17,23,26-29H,8,13-14,18H2,1H3/t23-,26-,27+,28+,29+/m0/s1. The molecule has 0 spiro atoms. The molecule has 0 unspecified atom stereocenters. The van der Waals surface area contributed by atoms with Crippen LogP contribution in [0.4, 0.5) is 0 Å². The minimum absolute atomic E-state index is 0.0392. The maximum absolute atomic E-state index is 14.1. The second-order valence-electron chi connectivity index (χ2n) is 9.95. The highest BCUT2D eigenvalue weighted by Gasteiger charge is 2.58. The summed E-state index contributed by atoms with van der Waals surface area (Å²) >= 11 is 0. The van der Waals surface area contributed by atoms with Gasteiger partial charge in [-0.2, -0.15) is 0 Å². The third-order valence-electron chi connectivity index (χ3n) is 8.25. The predicted molar refractivity (Wildman–Crippen MR) is 129 cm³/mol. The Morgan fingerprint density at radius 1 is 0.909 bits per heavy atom. The predicted octanol–water partition coefficient (Wildman–Crippen LogP) is 5.95. The third-order valence-corrected chi connectivity index (χ3v) is 8.25. The van der Waals surface area contributed by atoms with E-state index >= 15 is 0 Å². The molecule has 0 aromatic heterocycles. The van der Waals surface area contributed by atoms with Crippen molar-refractivity contribution in [2.45, 2.75) is 50.6 Å². The minimum atomic E-state index is -0.0397. The quantitative estimate of drug-likeness (QED) is 0.475. The normalized spacial score (nSPS) is 27.7. The zero-order valence-corrected chi connectivity index (χ0v) is 19.0. The first-order valence-corrected chi connectivity index (χ1v) is 12.2. The Kier molecular flexibility index (Phi) is 4.94. The number of nitrogens with zero attached hydrogens (tertiary/aromatic N) is 1. The van der Waals surface area contributed by atoms with Crippen LogP contribution in [0.15, 0.2) is 78.9 Å². The molecule has 0 radical (unpaired) electrons. The van der Waals surface area contributed by atoms with Crippen molar-refractivity contribution in [1.29, 1.82) is 0 Å². The van der Waals surface area contributed by atoms with Crippen LogP contribution in [-0.2, 0) is 11.3 Å². The van der Waals surface area contributed by atoms with E-state index in [1.54, 1.807) is 6.92 Å². The van der Waals surface area contributed by atoms with E-state index in [4.69, 9.17) is 0 Å². The molecule has 1 saturated heterocycles. The summed E-state index contributed by atoms with van der Waals surface area (Å²) < 4.78 is 0. The molecule has 33 heavy (non-hydrogen) atoms. The zero-order chi connectivity index (χ0) is 22.5. The van der Waals surface area contributed by atoms with Gasteiger partial charge in [0.1, 0.15) is 0 Å². The van der Waals surface area contributed by atoms with Crippen molar-refractivity contribution in [2.75, 3.05) is 0 Å². The summed E-state index contributed by atoms with van der Waals surface area (Å²) in [4.78, 5) is 28.5. The molecule has 3 aromatic carbocycles. The Balaban J connectivity index is 1.50. The summed E-state index contributed by atoms with van der Waals surface area (Å²) in [6, 6.07) is 27.4. The molecule has 5 atom stereocenters. The summed E-state index contributed by atoms with van der Waals surface area (Å²) in [6.45, 7) is 2.33. The number of hydrogen-bond donors (Lipinski definition) is 0. The van der Waals surface area contributed by atoms with E-state index in [1.807, 2.05) is 18.2 Å². The number of ketones is 1. The van der Waals surface area contributed by atoms with Gasteiger partial charge < -0.3 is 4.90 Å². The topological polar surface area (TPSA) is 37.4 Å². The summed E-state index contributed by atoms with van der Waals surface area (Å²) in [5, 5.41) is 0. The minimum Gasteiger partial charge on any atom is -0.335 e. The summed E-state index contributed by atoms with van der Waals surface area (Å²) in [7, 11) is 0. The van der Waals surface area contributed by atoms with Crippen LogP contribution in [-0.4, -0.2) is 22.6 Å². The number of fused-ring (bicyclic) bond motifs is 2. The van der Waals surface area contributed by atoms with Crippen molar-refractivity contribution in [3.8, 4) is 0 Å². The average Bonchev–Trinajstić information content (AvgIpc) is 3.13. The van der Waals surface area contributed by atoms with E-state index in [1.165, 1.54) is 22.3 Å². The molecule has 2 aliphatic carbocycles. The number of benzene rings is 3. The largest absolute Gasteiger partial charge is 0.335 e. The van der Waals surface area contributed by atoms with Crippen molar-refractivity contribution in [1.82, 2.24) is 4.90 Å². The van der Waals surface area contributed by atoms with Gasteiger partial charge in [-0.15, -0.1) is 0 Å². The lowest BCUT2D eigenvalue weighted by Gasteiger charge is -2.45. The Morgan fingerprint density at radius 2 is 1.64 bits per heavy atom. The number of hydrogen-bond acceptors (Lipinski definition) is 2. The fourth-order valence-corrected chi connectivity index (χ4v) is 6.91.